The van der Waals surface area contributed by atoms with Gasteiger partial charge in [-0.1, -0.05) is 47.5 Å². The number of hydrogen-bond donors (Lipinski definition) is 2. The van der Waals surface area contributed by atoms with E-state index in [1.54, 1.807) is 36.4 Å². The Hall–Kier alpha value is -3.97. The maximum absolute atomic E-state index is 12.4. The number of ketones is 1. The van der Waals surface area contributed by atoms with Crippen molar-refractivity contribution in [2.75, 3.05) is 0 Å². The van der Waals surface area contributed by atoms with Gasteiger partial charge in [-0.05, 0) is 54.4 Å². The van der Waals surface area contributed by atoms with E-state index in [-0.39, 0.29) is 42.5 Å². The van der Waals surface area contributed by atoms with Crippen LogP contribution in [-0.2, 0) is 27.2 Å². The van der Waals surface area contributed by atoms with Crippen LogP contribution in [0.15, 0.2) is 71.7 Å². The average Bonchev–Trinajstić information content (AvgIpc) is 2.76. The van der Waals surface area contributed by atoms with Crippen LogP contribution in [0.2, 0.25) is 5.02 Å². The van der Waals surface area contributed by atoms with E-state index in [9.17, 15) is 9.59 Å². The summed E-state index contributed by atoms with van der Waals surface area (Å²) in [6, 6.07) is 19.0. The SMILES string of the molecule is Cc1cccc(CC(=O)Cc2ccc(OC(=O)c3ccc(N=C(N)N)cc3)cc2Cl)c1.Cl.O=C=O. The minimum atomic E-state index is -0.546. The second-order valence-electron chi connectivity index (χ2n) is 7.19. The zero-order valence-electron chi connectivity index (χ0n) is 18.7. The van der Waals surface area contributed by atoms with E-state index in [1.807, 2.05) is 31.2 Å². The fourth-order valence-corrected chi connectivity index (χ4v) is 3.28. The highest BCUT2D eigenvalue weighted by Crippen LogP contribution is 2.25. The summed E-state index contributed by atoms with van der Waals surface area (Å²) in [6.45, 7) is 1.99. The summed E-state index contributed by atoms with van der Waals surface area (Å²) >= 11 is 6.32. The van der Waals surface area contributed by atoms with E-state index in [0.717, 1.165) is 11.1 Å². The Morgan fingerprint density at radius 2 is 1.63 bits per heavy atom. The number of ether oxygens (including phenoxy) is 1. The van der Waals surface area contributed by atoms with Crippen molar-refractivity contribution in [3.63, 3.8) is 0 Å². The summed E-state index contributed by atoms with van der Waals surface area (Å²) < 4.78 is 5.38. The highest BCUT2D eigenvalue weighted by Gasteiger charge is 2.13. The molecule has 0 saturated heterocycles. The van der Waals surface area contributed by atoms with Crippen LogP contribution in [0.1, 0.15) is 27.0 Å². The van der Waals surface area contributed by atoms with E-state index < -0.39 is 5.97 Å². The van der Waals surface area contributed by atoms with Gasteiger partial charge in [0.05, 0.1) is 11.3 Å². The maximum atomic E-state index is 12.4. The van der Waals surface area contributed by atoms with Crippen LogP contribution in [0, 0.1) is 6.92 Å². The van der Waals surface area contributed by atoms with Crippen molar-refractivity contribution in [1.29, 1.82) is 0 Å². The Kier molecular flexibility index (Phi) is 11.9. The molecule has 4 N–H and O–H groups in total. The number of rotatable bonds is 7. The molecule has 0 saturated carbocycles. The van der Waals surface area contributed by atoms with Crippen LogP contribution >= 0.6 is 24.0 Å². The molecule has 0 aromatic heterocycles. The standard InChI is InChI=1S/C24H22ClN3O3.CO2.ClH/c1-15-3-2-4-16(11-15)12-20(29)13-18-7-10-21(14-22(18)25)31-23(30)17-5-8-19(9-6-17)28-24(26)27;2-1-3;/h2-11,14H,12-13H2,1H3,(H4,26,27,28);;1H. The average molecular weight is 516 g/mol. The molecular formula is C25H23Cl2N3O5. The predicted octanol–water partition coefficient (Wildman–Crippen LogP) is 3.97. The van der Waals surface area contributed by atoms with Crippen molar-refractivity contribution in [2.45, 2.75) is 19.8 Å². The zero-order valence-corrected chi connectivity index (χ0v) is 20.3. The summed E-state index contributed by atoms with van der Waals surface area (Å²) in [7, 11) is 0. The summed E-state index contributed by atoms with van der Waals surface area (Å²) in [5, 5.41) is 0.367. The molecule has 8 nitrogen and oxygen atoms in total. The quantitative estimate of drug-likeness (QED) is 0.209. The molecule has 3 rings (SSSR count). The molecular weight excluding hydrogens is 493 g/mol. The second-order valence-corrected chi connectivity index (χ2v) is 7.60. The number of guanidine groups is 1. The van der Waals surface area contributed by atoms with Gasteiger partial charge in [0.25, 0.3) is 0 Å². The van der Waals surface area contributed by atoms with Crippen molar-refractivity contribution in [2.24, 2.45) is 16.5 Å². The lowest BCUT2D eigenvalue weighted by Gasteiger charge is -2.09. The van der Waals surface area contributed by atoms with Crippen LogP contribution in [0.5, 0.6) is 5.75 Å². The van der Waals surface area contributed by atoms with E-state index in [1.165, 1.54) is 6.07 Å². The highest BCUT2D eigenvalue weighted by molar-refractivity contribution is 6.31. The van der Waals surface area contributed by atoms with Crippen molar-refractivity contribution in [3.05, 3.63) is 94.0 Å². The van der Waals surface area contributed by atoms with E-state index in [0.29, 0.717) is 28.3 Å². The molecule has 0 radical (unpaired) electrons. The lowest BCUT2D eigenvalue weighted by atomic mass is 10.0. The third kappa shape index (κ3) is 9.81. The van der Waals surface area contributed by atoms with Crippen molar-refractivity contribution < 1.29 is 23.9 Å². The molecule has 0 aliphatic carbocycles. The first kappa shape index (κ1) is 29.1. The number of carbonyl (C=O) groups is 2. The Morgan fingerprint density at radius 1 is 0.971 bits per heavy atom. The Morgan fingerprint density at radius 3 is 2.20 bits per heavy atom. The van der Waals surface area contributed by atoms with Gasteiger partial charge in [0.1, 0.15) is 11.5 Å². The maximum Gasteiger partial charge on any atom is 0.373 e. The fraction of sp³-hybridized carbons (Fsp3) is 0.120. The molecule has 0 aliphatic rings. The van der Waals surface area contributed by atoms with Gasteiger partial charge >= 0.3 is 12.1 Å². The Labute approximate surface area is 213 Å². The van der Waals surface area contributed by atoms with Gasteiger partial charge < -0.3 is 16.2 Å². The Balaban J connectivity index is 0.00000145. The summed E-state index contributed by atoms with van der Waals surface area (Å²) in [5.41, 5.74) is 14.3. The largest absolute Gasteiger partial charge is 0.423 e. The number of nitrogens with zero attached hydrogens (tertiary/aromatic N) is 1. The number of aryl methyl sites for hydroxylation is 1. The van der Waals surface area contributed by atoms with Crippen molar-refractivity contribution in [3.8, 4) is 5.75 Å². The topological polar surface area (TPSA) is 142 Å². The monoisotopic (exact) mass is 515 g/mol. The molecule has 0 amide bonds. The number of nitrogens with two attached hydrogens (primary N) is 2. The molecule has 0 aliphatic heterocycles. The third-order valence-corrected chi connectivity index (χ3v) is 4.82. The number of hydrogen-bond acceptors (Lipinski definition) is 6. The zero-order chi connectivity index (χ0) is 25.1. The van der Waals surface area contributed by atoms with Crippen LogP contribution in [0.3, 0.4) is 0 Å². The third-order valence-electron chi connectivity index (χ3n) is 4.47. The summed E-state index contributed by atoms with van der Waals surface area (Å²) in [6.07, 6.45) is 0.790. The number of esters is 1. The fourth-order valence-electron chi connectivity index (χ4n) is 3.05. The first-order valence-corrected chi connectivity index (χ1v) is 10.4. The van der Waals surface area contributed by atoms with Gasteiger partial charge in [-0.2, -0.15) is 9.59 Å². The number of benzene rings is 3. The number of aliphatic imine (C=N–C) groups is 1. The van der Waals surface area contributed by atoms with Gasteiger partial charge in [0.15, 0.2) is 5.96 Å². The minimum Gasteiger partial charge on any atom is -0.423 e. The van der Waals surface area contributed by atoms with Gasteiger partial charge in [-0.15, -0.1) is 12.4 Å². The van der Waals surface area contributed by atoms with Crippen molar-refractivity contribution >= 4 is 53.6 Å². The molecule has 0 unspecified atom stereocenters. The van der Waals surface area contributed by atoms with E-state index in [4.69, 9.17) is 37.4 Å². The minimum absolute atomic E-state index is 0. The molecule has 0 heterocycles. The normalized spacial score (nSPS) is 9.43. The molecule has 10 heteroatoms. The number of halogens is 2. The van der Waals surface area contributed by atoms with E-state index >= 15 is 0 Å². The molecule has 3 aromatic carbocycles. The Bertz CT molecular complexity index is 1230. The molecule has 0 atom stereocenters. The predicted molar refractivity (Wildman–Crippen MR) is 134 cm³/mol. The van der Waals surface area contributed by atoms with Gasteiger partial charge in [-0.3, -0.25) is 4.79 Å². The van der Waals surface area contributed by atoms with Gasteiger partial charge in [-0.25, -0.2) is 9.79 Å². The summed E-state index contributed by atoms with van der Waals surface area (Å²) in [4.78, 5) is 44.9. The van der Waals surface area contributed by atoms with Gasteiger partial charge in [0.2, 0.25) is 0 Å². The molecule has 3 aromatic rings. The molecule has 35 heavy (non-hydrogen) atoms. The first-order chi connectivity index (χ1) is 16.2. The second kappa shape index (κ2) is 14.3. The number of carbonyl (C=O) groups excluding carboxylic acids is 4. The van der Waals surface area contributed by atoms with Crippen molar-refractivity contribution in [1.82, 2.24) is 0 Å². The van der Waals surface area contributed by atoms with Crippen LogP contribution < -0.4 is 16.2 Å². The van der Waals surface area contributed by atoms with Crippen LogP contribution in [0.25, 0.3) is 0 Å². The van der Waals surface area contributed by atoms with Gasteiger partial charge in [0, 0.05) is 17.9 Å². The highest BCUT2D eigenvalue weighted by atomic mass is 35.5. The lowest BCUT2D eigenvalue weighted by molar-refractivity contribution is -0.191. The first-order valence-electron chi connectivity index (χ1n) is 9.98. The molecule has 0 bridgehead atoms. The molecule has 182 valence electrons. The molecule has 0 fully saturated rings. The van der Waals surface area contributed by atoms with Crippen LogP contribution in [0.4, 0.5) is 5.69 Å². The van der Waals surface area contributed by atoms with E-state index in [2.05, 4.69) is 4.99 Å². The smallest absolute Gasteiger partial charge is 0.373 e. The van der Waals surface area contributed by atoms with Crippen LogP contribution in [-0.4, -0.2) is 23.9 Å². The number of Topliss-reactive ketones (excluding diaryl/α,β-unsaturated/α-hetero) is 1. The molecule has 0 spiro atoms. The summed E-state index contributed by atoms with van der Waals surface area (Å²) in [5.74, 6) is -0.269. The lowest BCUT2D eigenvalue weighted by Crippen LogP contribution is -2.21.